The zero-order chi connectivity index (χ0) is 18.0. The van der Waals surface area contributed by atoms with Crippen molar-refractivity contribution in [3.8, 4) is 0 Å². The monoisotopic (exact) mass is 353 g/mol. The Bertz CT molecular complexity index is 267. The number of phosphoric acid groups is 1. The Morgan fingerprint density at radius 3 is 1.35 bits per heavy atom. The fourth-order valence-electron chi connectivity index (χ4n) is 2.13. The minimum atomic E-state index is -4.25. The molecule has 0 aromatic rings. The van der Waals surface area contributed by atoms with Gasteiger partial charge in [-0.15, -0.1) is 0 Å². The molecule has 0 rings (SSSR count). The Balaban J connectivity index is 0. The van der Waals surface area contributed by atoms with Crippen LogP contribution in [0.2, 0.25) is 0 Å². The Morgan fingerprint density at radius 1 is 0.739 bits per heavy atom. The van der Waals surface area contributed by atoms with Crippen LogP contribution in [0.3, 0.4) is 0 Å². The first kappa shape index (κ1) is 25.3. The molecule has 0 aliphatic carbocycles. The average molecular weight is 353 g/mol. The fourth-order valence-corrected chi connectivity index (χ4v) is 2.49. The molecule has 0 amide bonds. The summed E-state index contributed by atoms with van der Waals surface area (Å²) >= 11 is 0. The zero-order valence-corrected chi connectivity index (χ0v) is 16.7. The quantitative estimate of drug-likeness (QED) is 0.341. The molecule has 5 nitrogen and oxygen atoms in total. The average Bonchev–Trinajstić information content (AvgIpc) is 2.42. The van der Waals surface area contributed by atoms with Crippen molar-refractivity contribution in [2.75, 3.05) is 27.7 Å². The van der Waals surface area contributed by atoms with Crippen LogP contribution >= 0.6 is 7.82 Å². The summed E-state index contributed by atoms with van der Waals surface area (Å²) in [5.41, 5.74) is 0. The van der Waals surface area contributed by atoms with E-state index >= 15 is 0 Å². The molecule has 0 radical (unpaired) electrons. The molecule has 0 saturated carbocycles. The van der Waals surface area contributed by atoms with Crippen LogP contribution in [-0.4, -0.2) is 42.4 Å². The maximum Gasteiger partial charge on any atom is 0.469 e. The molecule has 6 heteroatoms. The second kappa shape index (κ2) is 18.4. The molecule has 0 unspecified atom stereocenters. The maximum atomic E-state index is 10.4. The van der Waals surface area contributed by atoms with Gasteiger partial charge in [0, 0.05) is 0 Å². The SMILES string of the molecule is CCCCCCCCCCCCCCOP(=O)(O)O.CN(C)C. The molecular formula is C17H40NO4P. The summed E-state index contributed by atoms with van der Waals surface area (Å²) in [7, 11) is 1.75. The molecule has 0 aromatic heterocycles. The van der Waals surface area contributed by atoms with Crippen molar-refractivity contribution in [2.45, 2.75) is 84.0 Å². The Labute approximate surface area is 144 Å². The lowest BCUT2D eigenvalue weighted by atomic mass is 10.1. The molecule has 0 aliphatic heterocycles. The molecule has 2 N–H and O–H groups in total. The molecule has 23 heavy (non-hydrogen) atoms. The van der Waals surface area contributed by atoms with Crippen molar-refractivity contribution in [3.63, 3.8) is 0 Å². The van der Waals surface area contributed by atoms with Gasteiger partial charge >= 0.3 is 7.82 Å². The van der Waals surface area contributed by atoms with E-state index in [2.05, 4.69) is 11.4 Å². The minimum absolute atomic E-state index is 0.168. The number of rotatable bonds is 14. The van der Waals surface area contributed by atoms with E-state index in [1.54, 1.807) is 0 Å². The van der Waals surface area contributed by atoms with E-state index in [0.717, 1.165) is 19.3 Å². The van der Waals surface area contributed by atoms with Gasteiger partial charge < -0.3 is 14.7 Å². The van der Waals surface area contributed by atoms with Gasteiger partial charge in [-0.3, -0.25) is 4.52 Å². The van der Waals surface area contributed by atoms with Crippen LogP contribution in [0.1, 0.15) is 84.0 Å². The summed E-state index contributed by atoms with van der Waals surface area (Å²) < 4.78 is 14.8. The second-order valence-corrected chi connectivity index (χ2v) is 7.79. The zero-order valence-electron chi connectivity index (χ0n) is 15.8. The van der Waals surface area contributed by atoms with E-state index < -0.39 is 7.82 Å². The molecule has 0 heterocycles. The van der Waals surface area contributed by atoms with Crippen LogP contribution in [-0.2, 0) is 9.09 Å². The normalized spacial score (nSPS) is 11.4. The third-order valence-electron chi connectivity index (χ3n) is 3.26. The van der Waals surface area contributed by atoms with E-state index in [0.29, 0.717) is 0 Å². The van der Waals surface area contributed by atoms with Crippen LogP contribution in [0.15, 0.2) is 0 Å². The first-order valence-corrected chi connectivity index (χ1v) is 10.6. The van der Waals surface area contributed by atoms with Gasteiger partial charge in [-0.2, -0.15) is 0 Å². The highest BCUT2D eigenvalue weighted by molar-refractivity contribution is 7.46. The topological polar surface area (TPSA) is 70.0 Å². The van der Waals surface area contributed by atoms with Crippen molar-refractivity contribution in [2.24, 2.45) is 0 Å². The van der Waals surface area contributed by atoms with E-state index in [1.807, 2.05) is 26.0 Å². The fraction of sp³-hybridized carbons (Fsp3) is 1.00. The van der Waals surface area contributed by atoms with Gasteiger partial charge in [0.1, 0.15) is 0 Å². The summed E-state index contributed by atoms with van der Waals surface area (Å²) in [4.78, 5) is 19.0. The minimum Gasteiger partial charge on any atom is -0.312 e. The number of phosphoric ester groups is 1. The lowest BCUT2D eigenvalue weighted by Crippen LogP contribution is -1.99. The van der Waals surface area contributed by atoms with Crippen molar-refractivity contribution in [3.05, 3.63) is 0 Å². The van der Waals surface area contributed by atoms with Crippen molar-refractivity contribution in [1.29, 1.82) is 0 Å². The summed E-state index contributed by atoms with van der Waals surface area (Å²) in [6.45, 7) is 2.41. The first-order valence-electron chi connectivity index (χ1n) is 9.10. The van der Waals surface area contributed by atoms with Crippen molar-refractivity contribution >= 4 is 7.82 Å². The van der Waals surface area contributed by atoms with Crippen LogP contribution in [0.25, 0.3) is 0 Å². The summed E-state index contributed by atoms with van der Waals surface area (Å²) in [6, 6.07) is 0. The summed E-state index contributed by atoms with van der Waals surface area (Å²) in [5, 5.41) is 0. The molecule has 0 spiro atoms. The van der Waals surface area contributed by atoms with Crippen LogP contribution in [0.5, 0.6) is 0 Å². The molecule has 0 bridgehead atoms. The number of hydrogen-bond donors (Lipinski definition) is 2. The Kier molecular flexibility index (Phi) is 20.3. The van der Waals surface area contributed by atoms with Crippen LogP contribution < -0.4 is 0 Å². The third kappa shape index (κ3) is 34.4. The highest BCUT2D eigenvalue weighted by Gasteiger charge is 2.12. The second-order valence-electron chi connectivity index (χ2n) is 6.55. The lowest BCUT2D eigenvalue weighted by molar-refractivity contribution is 0.193. The van der Waals surface area contributed by atoms with Gasteiger partial charge in [-0.1, -0.05) is 77.6 Å². The lowest BCUT2D eigenvalue weighted by Gasteiger charge is -2.05. The highest BCUT2D eigenvalue weighted by atomic mass is 31.2. The van der Waals surface area contributed by atoms with E-state index in [1.165, 1.54) is 57.8 Å². The Hall–Kier alpha value is 0.0700. The van der Waals surface area contributed by atoms with Gasteiger partial charge in [0.25, 0.3) is 0 Å². The molecule has 0 atom stereocenters. The summed E-state index contributed by atoms with van der Waals surface area (Å²) in [6.07, 6.45) is 14.9. The van der Waals surface area contributed by atoms with Crippen molar-refractivity contribution < 1.29 is 18.9 Å². The van der Waals surface area contributed by atoms with Gasteiger partial charge in [-0.25, -0.2) is 4.57 Å². The highest BCUT2D eigenvalue weighted by Crippen LogP contribution is 2.35. The molecule has 0 aliphatic rings. The predicted molar refractivity (Wildman–Crippen MR) is 98.7 cm³/mol. The Morgan fingerprint density at radius 2 is 1.04 bits per heavy atom. The van der Waals surface area contributed by atoms with Crippen LogP contribution in [0.4, 0.5) is 0 Å². The number of unbranched alkanes of at least 4 members (excludes halogenated alkanes) is 11. The first-order chi connectivity index (χ1) is 10.8. The molecule has 0 fully saturated rings. The van der Waals surface area contributed by atoms with Gasteiger partial charge in [0.05, 0.1) is 6.61 Å². The summed E-state index contributed by atoms with van der Waals surface area (Å²) in [5.74, 6) is 0. The van der Waals surface area contributed by atoms with Crippen molar-refractivity contribution in [1.82, 2.24) is 4.90 Å². The van der Waals surface area contributed by atoms with Gasteiger partial charge in [0.15, 0.2) is 0 Å². The van der Waals surface area contributed by atoms with E-state index in [-0.39, 0.29) is 6.61 Å². The molecule has 0 saturated heterocycles. The van der Waals surface area contributed by atoms with Gasteiger partial charge in [-0.05, 0) is 27.6 Å². The standard InChI is InChI=1S/C14H31O4P.C3H9N/c1-2-3-4-5-6-7-8-9-10-11-12-13-14-18-19(15,16)17;1-4(2)3/h2-14H2,1H3,(H2,15,16,17);1-3H3. The maximum absolute atomic E-state index is 10.4. The van der Waals surface area contributed by atoms with Gasteiger partial charge in [0.2, 0.25) is 0 Å². The largest absolute Gasteiger partial charge is 0.469 e. The number of hydrogen-bond acceptors (Lipinski definition) is 3. The van der Waals surface area contributed by atoms with E-state index in [4.69, 9.17) is 9.79 Å². The smallest absolute Gasteiger partial charge is 0.312 e. The molecular weight excluding hydrogens is 313 g/mol. The molecule has 142 valence electrons. The predicted octanol–water partition coefficient (Wildman–Crippen LogP) is 4.97. The molecule has 0 aromatic carbocycles. The number of nitrogens with zero attached hydrogens (tertiary/aromatic N) is 1. The third-order valence-corrected chi connectivity index (χ3v) is 3.78. The van der Waals surface area contributed by atoms with E-state index in [9.17, 15) is 4.57 Å². The van der Waals surface area contributed by atoms with Crippen LogP contribution in [0, 0.1) is 0 Å².